The summed E-state index contributed by atoms with van der Waals surface area (Å²) in [6.07, 6.45) is 3.76. The smallest absolute Gasteiger partial charge is 0.387 e. The lowest BCUT2D eigenvalue weighted by molar-refractivity contribution is -0.0504. The van der Waals surface area contributed by atoms with Crippen molar-refractivity contribution in [3.63, 3.8) is 0 Å². The second-order valence-electron chi connectivity index (χ2n) is 7.46. The largest absolute Gasteiger partial charge is 0.434 e. The van der Waals surface area contributed by atoms with Crippen LogP contribution in [0.4, 0.5) is 8.78 Å². The van der Waals surface area contributed by atoms with Crippen LogP contribution in [0.3, 0.4) is 0 Å². The fraction of sp³-hybridized carbons (Fsp3) is 0.333. The molecule has 0 bridgehead atoms. The lowest BCUT2D eigenvalue weighted by Gasteiger charge is -2.15. The molecule has 0 saturated carbocycles. The van der Waals surface area contributed by atoms with Crippen LogP contribution in [0.5, 0.6) is 5.75 Å². The quantitative estimate of drug-likeness (QED) is 0.382. The van der Waals surface area contributed by atoms with E-state index in [2.05, 4.69) is 42.0 Å². The van der Waals surface area contributed by atoms with Crippen molar-refractivity contribution in [2.75, 3.05) is 6.54 Å². The summed E-state index contributed by atoms with van der Waals surface area (Å²) >= 11 is 0. The summed E-state index contributed by atoms with van der Waals surface area (Å²) < 4.78 is 32.2. The second kappa shape index (κ2) is 11.3. The highest BCUT2D eigenvalue weighted by atomic mass is 19.3. The maximum Gasteiger partial charge on any atom is 0.387 e. The van der Waals surface area contributed by atoms with Crippen LogP contribution < -0.4 is 15.4 Å². The average molecular weight is 442 g/mol. The summed E-state index contributed by atoms with van der Waals surface area (Å²) in [5.41, 5.74) is 3.86. The van der Waals surface area contributed by atoms with Crippen LogP contribution in [0.1, 0.15) is 35.0 Å². The molecule has 0 aliphatic rings. The van der Waals surface area contributed by atoms with Gasteiger partial charge in [0.2, 0.25) is 0 Å². The molecule has 0 amide bonds. The molecule has 2 N–H and O–H groups in total. The number of aromatic nitrogens is 2. The van der Waals surface area contributed by atoms with Gasteiger partial charge in [0.05, 0.1) is 6.54 Å². The normalized spacial score (nSPS) is 11.6. The number of hydrogen-bond acceptors (Lipinski definition) is 3. The maximum absolute atomic E-state index is 12.7. The molecule has 2 aromatic carbocycles. The molecule has 32 heavy (non-hydrogen) atoms. The topological polar surface area (TPSA) is 63.5 Å². The molecular weight excluding hydrogens is 412 g/mol. The van der Waals surface area contributed by atoms with E-state index in [4.69, 9.17) is 0 Å². The van der Waals surface area contributed by atoms with Gasteiger partial charge in [-0.15, -0.1) is 0 Å². The number of nitrogens with zero attached hydrogens (tertiary/aromatic N) is 3. The number of halogens is 2. The summed E-state index contributed by atoms with van der Waals surface area (Å²) in [4.78, 5) is 8.92. The van der Waals surface area contributed by atoms with E-state index >= 15 is 0 Å². The number of aryl methyl sites for hydroxylation is 2. The molecule has 8 heteroatoms. The standard InChI is InChI=1S/C24H29F2N5O/c1-4-27-24(30-15-21-12-17(2)8-9-22(21)32-23(25)26)29-14-19-6-5-7-20(13-19)16-31-11-10-28-18(31)3/h5-13,23H,4,14-16H2,1-3H3,(H2,27,29,30). The van der Waals surface area contributed by atoms with Gasteiger partial charge in [-0.3, -0.25) is 0 Å². The van der Waals surface area contributed by atoms with Gasteiger partial charge in [0.15, 0.2) is 5.96 Å². The summed E-state index contributed by atoms with van der Waals surface area (Å²) in [6.45, 7) is 5.24. The number of aliphatic imine (C=N–C) groups is 1. The Labute approximate surface area is 187 Å². The lowest BCUT2D eigenvalue weighted by atomic mass is 10.1. The van der Waals surface area contributed by atoms with Crippen molar-refractivity contribution in [1.82, 2.24) is 20.2 Å². The summed E-state index contributed by atoms with van der Waals surface area (Å²) in [5, 5.41) is 6.40. The van der Waals surface area contributed by atoms with Crippen molar-refractivity contribution < 1.29 is 13.5 Å². The number of alkyl halides is 2. The first-order valence-corrected chi connectivity index (χ1v) is 10.6. The minimum Gasteiger partial charge on any atom is -0.434 e. The van der Waals surface area contributed by atoms with E-state index in [1.807, 2.05) is 45.2 Å². The lowest BCUT2D eigenvalue weighted by Crippen LogP contribution is -2.36. The zero-order valence-electron chi connectivity index (χ0n) is 18.6. The van der Waals surface area contributed by atoms with Crippen LogP contribution in [0.25, 0.3) is 0 Å². The van der Waals surface area contributed by atoms with Crippen LogP contribution >= 0.6 is 0 Å². The molecule has 6 nitrogen and oxygen atoms in total. The van der Waals surface area contributed by atoms with Crippen LogP contribution in [0.15, 0.2) is 59.9 Å². The third kappa shape index (κ3) is 6.80. The SMILES string of the molecule is CCNC(=NCc1cccc(Cn2ccnc2C)c1)NCc1cc(C)ccc1OC(F)F. The molecular formula is C24H29F2N5O. The van der Waals surface area contributed by atoms with Gasteiger partial charge in [-0.1, -0.05) is 42.0 Å². The zero-order chi connectivity index (χ0) is 22.9. The number of nitrogens with one attached hydrogen (secondary N) is 2. The molecule has 3 rings (SSSR count). The summed E-state index contributed by atoms with van der Waals surface area (Å²) in [6, 6.07) is 13.4. The first-order chi connectivity index (χ1) is 15.4. The third-order valence-corrected chi connectivity index (χ3v) is 4.91. The van der Waals surface area contributed by atoms with Crippen LogP contribution in [0, 0.1) is 13.8 Å². The summed E-state index contributed by atoms with van der Waals surface area (Å²) in [5.74, 6) is 1.74. The fourth-order valence-corrected chi connectivity index (χ4v) is 3.34. The van der Waals surface area contributed by atoms with Crippen molar-refractivity contribution in [1.29, 1.82) is 0 Å². The molecule has 1 heterocycles. The van der Waals surface area contributed by atoms with E-state index in [0.29, 0.717) is 31.2 Å². The number of benzene rings is 2. The van der Waals surface area contributed by atoms with Gasteiger partial charge < -0.3 is 19.9 Å². The Morgan fingerprint density at radius 2 is 1.94 bits per heavy atom. The summed E-state index contributed by atoms with van der Waals surface area (Å²) in [7, 11) is 0. The first kappa shape index (κ1) is 23.2. The van der Waals surface area contributed by atoms with Crippen molar-refractivity contribution >= 4 is 5.96 Å². The fourth-order valence-electron chi connectivity index (χ4n) is 3.34. The predicted octanol–water partition coefficient (Wildman–Crippen LogP) is 4.40. The molecule has 0 spiro atoms. The Morgan fingerprint density at radius 1 is 1.12 bits per heavy atom. The molecule has 0 aliphatic heterocycles. The molecule has 0 unspecified atom stereocenters. The average Bonchev–Trinajstić information content (AvgIpc) is 3.16. The van der Waals surface area contributed by atoms with Crippen molar-refractivity contribution in [3.05, 3.63) is 82.9 Å². The van der Waals surface area contributed by atoms with E-state index in [9.17, 15) is 8.78 Å². The number of imidazole rings is 1. The van der Waals surface area contributed by atoms with Gasteiger partial charge in [0.1, 0.15) is 11.6 Å². The molecule has 0 fully saturated rings. The molecule has 0 atom stereocenters. The molecule has 1 aromatic heterocycles. The monoisotopic (exact) mass is 441 g/mol. The van der Waals surface area contributed by atoms with Gasteiger partial charge in [-0.05, 0) is 38.0 Å². The van der Waals surface area contributed by atoms with Gasteiger partial charge in [0.25, 0.3) is 0 Å². The Bertz CT molecular complexity index is 1050. The van der Waals surface area contributed by atoms with Crippen molar-refractivity contribution in [3.8, 4) is 5.75 Å². The minimum absolute atomic E-state index is 0.163. The number of rotatable bonds is 9. The Kier molecular flexibility index (Phi) is 8.19. The van der Waals surface area contributed by atoms with E-state index < -0.39 is 6.61 Å². The van der Waals surface area contributed by atoms with E-state index in [1.54, 1.807) is 18.3 Å². The molecule has 0 aliphatic carbocycles. The predicted molar refractivity (Wildman–Crippen MR) is 122 cm³/mol. The molecule has 0 saturated heterocycles. The Hall–Kier alpha value is -3.42. The van der Waals surface area contributed by atoms with Crippen LogP contribution in [0.2, 0.25) is 0 Å². The maximum atomic E-state index is 12.7. The highest BCUT2D eigenvalue weighted by Crippen LogP contribution is 2.22. The molecule has 170 valence electrons. The van der Waals surface area contributed by atoms with Gasteiger partial charge >= 0.3 is 6.61 Å². The Balaban J connectivity index is 1.67. The Morgan fingerprint density at radius 3 is 2.66 bits per heavy atom. The second-order valence-corrected chi connectivity index (χ2v) is 7.46. The van der Waals surface area contributed by atoms with Gasteiger partial charge in [-0.2, -0.15) is 8.78 Å². The minimum atomic E-state index is -2.86. The number of hydrogen-bond donors (Lipinski definition) is 2. The highest BCUT2D eigenvalue weighted by Gasteiger charge is 2.10. The first-order valence-electron chi connectivity index (χ1n) is 10.6. The number of guanidine groups is 1. The molecule has 3 aromatic rings. The van der Waals surface area contributed by atoms with E-state index in [1.165, 1.54) is 5.56 Å². The zero-order valence-corrected chi connectivity index (χ0v) is 18.6. The van der Waals surface area contributed by atoms with E-state index in [0.717, 1.165) is 23.5 Å². The highest BCUT2D eigenvalue weighted by molar-refractivity contribution is 5.79. The van der Waals surface area contributed by atoms with Gasteiger partial charge in [0, 0.05) is 37.6 Å². The third-order valence-electron chi connectivity index (χ3n) is 4.91. The van der Waals surface area contributed by atoms with Crippen LogP contribution in [-0.4, -0.2) is 28.7 Å². The molecule has 0 radical (unpaired) electrons. The van der Waals surface area contributed by atoms with Crippen molar-refractivity contribution in [2.24, 2.45) is 4.99 Å². The van der Waals surface area contributed by atoms with E-state index in [-0.39, 0.29) is 5.75 Å². The van der Waals surface area contributed by atoms with Crippen LogP contribution in [-0.2, 0) is 19.6 Å². The van der Waals surface area contributed by atoms with Gasteiger partial charge in [-0.25, -0.2) is 9.98 Å². The van der Waals surface area contributed by atoms with Crippen molar-refractivity contribution in [2.45, 2.75) is 47.0 Å². The number of ether oxygens (including phenoxy) is 1.